The summed E-state index contributed by atoms with van der Waals surface area (Å²) < 4.78 is 0. The van der Waals surface area contributed by atoms with Crippen molar-refractivity contribution >= 4 is 5.91 Å². The highest BCUT2D eigenvalue weighted by molar-refractivity contribution is 5.78. The number of carbonyl (C=O) groups excluding carboxylic acids is 1. The molecule has 0 aromatic rings. The van der Waals surface area contributed by atoms with Crippen LogP contribution < -0.4 is 0 Å². The summed E-state index contributed by atoms with van der Waals surface area (Å²) in [4.78, 5) is 16.7. The van der Waals surface area contributed by atoms with Crippen molar-refractivity contribution in [1.29, 1.82) is 0 Å². The highest BCUT2D eigenvalue weighted by atomic mass is 16.2. The van der Waals surface area contributed by atoms with Crippen LogP contribution in [0, 0.1) is 11.8 Å². The van der Waals surface area contributed by atoms with E-state index in [1.807, 2.05) is 25.8 Å². The number of likely N-dealkylation sites (tertiary alicyclic amines) is 1. The number of nitrogens with zero attached hydrogens (tertiary/aromatic N) is 2. The fourth-order valence-electron chi connectivity index (χ4n) is 3.81. The van der Waals surface area contributed by atoms with E-state index in [0.29, 0.717) is 11.9 Å². The molecule has 20 heavy (non-hydrogen) atoms. The van der Waals surface area contributed by atoms with Gasteiger partial charge in [-0.15, -0.1) is 0 Å². The van der Waals surface area contributed by atoms with Gasteiger partial charge < -0.3 is 9.80 Å². The summed E-state index contributed by atoms with van der Waals surface area (Å²) in [5.74, 6) is 1.37. The van der Waals surface area contributed by atoms with Gasteiger partial charge in [-0.1, -0.05) is 33.1 Å². The zero-order valence-corrected chi connectivity index (χ0v) is 13.6. The lowest BCUT2D eigenvalue weighted by Gasteiger charge is -2.39. The minimum Gasteiger partial charge on any atom is -0.342 e. The quantitative estimate of drug-likeness (QED) is 0.790. The van der Waals surface area contributed by atoms with Gasteiger partial charge in [0.05, 0.1) is 0 Å². The summed E-state index contributed by atoms with van der Waals surface area (Å²) in [6.45, 7) is 7.65. The first-order valence-corrected chi connectivity index (χ1v) is 8.57. The predicted molar refractivity (Wildman–Crippen MR) is 83.6 cm³/mol. The Labute approximate surface area is 124 Å². The Bertz CT molecular complexity index is 302. The van der Waals surface area contributed by atoms with Crippen LogP contribution >= 0.6 is 0 Å². The first-order chi connectivity index (χ1) is 9.58. The lowest BCUT2D eigenvalue weighted by Crippen LogP contribution is -2.47. The Morgan fingerprint density at radius 1 is 1.10 bits per heavy atom. The van der Waals surface area contributed by atoms with Crippen molar-refractivity contribution in [1.82, 2.24) is 9.80 Å². The van der Waals surface area contributed by atoms with Crippen LogP contribution in [0.25, 0.3) is 0 Å². The molecule has 2 aliphatic rings. The fourth-order valence-corrected chi connectivity index (χ4v) is 3.81. The van der Waals surface area contributed by atoms with Crippen LogP contribution in [0.2, 0.25) is 0 Å². The Morgan fingerprint density at radius 3 is 2.25 bits per heavy atom. The molecule has 1 aliphatic heterocycles. The van der Waals surface area contributed by atoms with Crippen LogP contribution in [-0.2, 0) is 4.79 Å². The zero-order chi connectivity index (χ0) is 14.5. The molecule has 0 spiro atoms. The number of piperidine rings is 1. The second kappa shape index (κ2) is 7.44. The molecule has 0 radical (unpaired) electrons. The number of amides is 1. The van der Waals surface area contributed by atoms with E-state index in [0.717, 1.165) is 18.8 Å². The molecule has 1 heterocycles. The average molecular weight is 280 g/mol. The summed E-state index contributed by atoms with van der Waals surface area (Å²) in [5, 5.41) is 0. The highest BCUT2D eigenvalue weighted by Gasteiger charge is 2.27. The molecule has 2 fully saturated rings. The fraction of sp³-hybridized carbons (Fsp3) is 0.941. The molecule has 0 aromatic carbocycles. The topological polar surface area (TPSA) is 23.6 Å². The number of hydrogen-bond donors (Lipinski definition) is 0. The van der Waals surface area contributed by atoms with E-state index >= 15 is 0 Å². The monoisotopic (exact) mass is 280 g/mol. The number of carbonyl (C=O) groups is 1. The van der Waals surface area contributed by atoms with Crippen LogP contribution in [0.15, 0.2) is 0 Å². The first-order valence-electron chi connectivity index (χ1n) is 8.57. The molecule has 0 N–H and O–H groups in total. The molecule has 0 bridgehead atoms. The minimum absolute atomic E-state index is 0.125. The Morgan fingerprint density at radius 2 is 1.70 bits per heavy atom. The molecule has 3 heteroatoms. The van der Waals surface area contributed by atoms with Crippen molar-refractivity contribution in [2.45, 2.75) is 64.8 Å². The third-order valence-electron chi connectivity index (χ3n) is 5.19. The number of hydrogen-bond acceptors (Lipinski definition) is 2. The van der Waals surface area contributed by atoms with Crippen LogP contribution in [0.4, 0.5) is 0 Å². The third kappa shape index (κ3) is 4.21. The lowest BCUT2D eigenvalue weighted by molar-refractivity contribution is -0.136. The van der Waals surface area contributed by atoms with Gasteiger partial charge in [-0.25, -0.2) is 0 Å². The van der Waals surface area contributed by atoms with Crippen LogP contribution in [0.5, 0.6) is 0 Å². The summed E-state index contributed by atoms with van der Waals surface area (Å²) in [5.41, 5.74) is 0. The maximum atomic E-state index is 12.1. The summed E-state index contributed by atoms with van der Waals surface area (Å²) >= 11 is 0. The van der Waals surface area contributed by atoms with Crippen LogP contribution in [0.3, 0.4) is 0 Å². The van der Waals surface area contributed by atoms with Crippen LogP contribution in [-0.4, -0.2) is 48.4 Å². The normalized spacial score (nSPS) is 23.2. The first kappa shape index (κ1) is 15.8. The van der Waals surface area contributed by atoms with Gasteiger partial charge in [-0.3, -0.25) is 4.79 Å². The second-order valence-electron chi connectivity index (χ2n) is 7.14. The Hall–Kier alpha value is -0.570. The van der Waals surface area contributed by atoms with E-state index in [-0.39, 0.29) is 5.92 Å². The van der Waals surface area contributed by atoms with Crippen molar-refractivity contribution in [2.24, 2.45) is 11.8 Å². The van der Waals surface area contributed by atoms with Crippen molar-refractivity contribution < 1.29 is 4.79 Å². The van der Waals surface area contributed by atoms with Gasteiger partial charge in [0.15, 0.2) is 0 Å². The number of rotatable bonds is 4. The van der Waals surface area contributed by atoms with E-state index in [1.165, 1.54) is 51.7 Å². The van der Waals surface area contributed by atoms with E-state index in [9.17, 15) is 4.79 Å². The third-order valence-corrected chi connectivity index (χ3v) is 5.19. The smallest absolute Gasteiger partial charge is 0.225 e. The second-order valence-corrected chi connectivity index (χ2v) is 7.14. The summed E-state index contributed by atoms with van der Waals surface area (Å²) in [6.07, 6.45) is 9.50. The molecular weight excluding hydrogens is 248 g/mol. The van der Waals surface area contributed by atoms with E-state index in [4.69, 9.17) is 0 Å². The van der Waals surface area contributed by atoms with Crippen molar-refractivity contribution in [2.75, 3.05) is 26.7 Å². The molecule has 116 valence electrons. The molecule has 0 atom stereocenters. The molecule has 1 aliphatic carbocycles. The van der Waals surface area contributed by atoms with Gasteiger partial charge in [0.25, 0.3) is 0 Å². The van der Waals surface area contributed by atoms with Crippen molar-refractivity contribution in [3.8, 4) is 0 Å². The summed E-state index contributed by atoms with van der Waals surface area (Å²) in [6, 6.07) is 0.465. The van der Waals surface area contributed by atoms with Gasteiger partial charge in [0, 0.05) is 38.6 Å². The van der Waals surface area contributed by atoms with Crippen LogP contribution in [0.1, 0.15) is 58.8 Å². The molecule has 0 unspecified atom stereocenters. The minimum atomic E-state index is 0.125. The summed E-state index contributed by atoms with van der Waals surface area (Å²) in [7, 11) is 1.99. The molecule has 0 aromatic heterocycles. The molecular formula is C17H32N2O. The maximum absolute atomic E-state index is 12.1. The van der Waals surface area contributed by atoms with E-state index < -0.39 is 0 Å². The van der Waals surface area contributed by atoms with Crippen molar-refractivity contribution in [3.05, 3.63) is 0 Å². The maximum Gasteiger partial charge on any atom is 0.225 e. The molecule has 2 rings (SSSR count). The van der Waals surface area contributed by atoms with E-state index in [2.05, 4.69) is 4.90 Å². The molecule has 1 saturated heterocycles. The van der Waals surface area contributed by atoms with Crippen molar-refractivity contribution in [3.63, 3.8) is 0 Å². The van der Waals surface area contributed by atoms with Gasteiger partial charge in [-0.05, 0) is 31.6 Å². The van der Waals surface area contributed by atoms with Gasteiger partial charge in [0.1, 0.15) is 0 Å². The van der Waals surface area contributed by atoms with Gasteiger partial charge in [-0.2, -0.15) is 0 Å². The molecule has 1 saturated carbocycles. The van der Waals surface area contributed by atoms with Gasteiger partial charge >= 0.3 is 0 Å². The average Bonchev–Trinajstić information content (AvgIpc) is 2.47. The standard InChI is InChI=1S/C17H32N2O/c1-14(2)17(20)18(3)16-9-11-19(12-10-16)13-15-7-5-4-6-8-15/h14-16H,4-13H2,1-3H3. The van der Waals surface area contributed by atoms with E-state index in [1.54, 1.807) is 0 Å². The largest absolute Gasteiger partial charge is 0.342 e. The Balaban J connectivity index is 1.73. The predicted octanol–water partition coefficient (Wildman–Crippen LogP) is 3.15. The SMILES string of the molecule is CC(C)C(=O)N(C)C1CCN(CC2CCCCC2)CC1. The highest BCUT2D eigenvalue weighted by Crippen LogP contribution is 2.26. The van der Waals surface area contributed by atoms with Gasteiger partial charge in [0.2, 0.25) is 5.91 Å². The Kier molecular flexibility index (Phi) is 5.88. The zero-order valence-electron chi connectivity index (χ0n) is 13.6. The lowest BCUT2D eigenvalue weighted by atomic mass is 9.88. The molecule has 1 amide bonds. The molecule has 3 nitrogen and oxygen atoms in total.